The summed E-state index contributed by atoms with van der Waals surface area (Å²) in [5.74, 6) is 3.59. The summed E-state index contributed by atoms with van der Waals surface area (Å²) in [5, 5.41) is 0. The number of aryl methyl sites for hydroxylation is 1. The highest BCUT2D eigenvalue weighted by molar-refractivity contribution is 6.63. The van der Waals surface area contributed by atoms with Crippen LogP contribution in [0.3, 0.4) is 0 Å². The van der Waals surface area contributed by atoms with Crippen molar-refractivity contribution in [3.05, 3.63) is 23.3 Å². The van der Waals surface area contributed by atoms with Crippen molar-refractivity contribution in [1.29, 1.82) is 0 Å². The molecule has 4 bridgehead atoms. The molecule has 0 atom stereocenters. The van der Waals surface area contributed by atoms with E-state index in [1.807, 2.05) is 0 Å². The zero-order chi connectivity index (χ0) is 21.3. The van der Waals surface area contributed by atoms with Crippen molar-refractivity contribution in [3.8, 4) is 5.75 Å². The first-order chi connectivity index (χ1) is 14.1. The summed E-state index contributed by atoms with van der Waals surface area (Å²) < 4.78 is 24.6. The fourth-order valence-corrected chi connectivity index (χ4v) is 7.06. The van der Waals surface area contributed by atoms with Gasteiger partial charge in [0.15, 0.2) is 6.79 Å². The molecule has 1 saturated heterocycles. The molecule has 5 aliphatic rings. The van der Waals surface area contributed by atoms with Crippen LogP contribution in [-0.4, -0.2) is 32.2 Å². The van der Waals surface area contributed by atoms with Gasteiger partial charge in [-0.05, 0) is 96.3 Å². The molecule has 0 aromatic heterocycles. The summed E-state index contributed by atoms with van der Waals surface area (Å²) >= 11 is 0. The number of hydrogen-bond donors (Lipinski definition) is 0. The van der Waals surface area contributed by atoms with Crippen molar-refractivity contribution in [1.82, 2.24) is 0 Å². The molecule has 0 amide bonds. The van der Waals surface area contributed by atoms with Crippen molar-refractivity contribution in [3.63, 3.8) is 0 Å². The lowest BCUT2D eigenvalue weighted by Gasteiger charge is -2.57. The standard InChI is InChI=1S/C25H37BO4/c1-16-7-20(25-12-17-9-18(13-25)11-19(10-17)14-25)22(28-15-27-6)21(8-16)26-29-23(2,3)24(4,5)30-26/h7-8,17-19H,9-15H2,1-6H3. The van der Waals surface area contributed by atoms with E-state index in [-0.39, 0.29) is 23.4 Å². The van der Waals surface area contributed by atoms with Crippen LogP contribution in [0.4, 0.5) is 0 Å². The Morgan fingerprint density at radius 1 is 0.933 bits per heavy atom. The molecule has 0 N–H and O–H groups in total. The van der Waals surface area contributed by atoms with Gasteiger partial charge < -0.3 is 18.8 Å². The third-order valence-electron chi connectivity index (χ3n) is 8.70. The average molecular weight is 412 g/mol. The minimum Gasteiger partial charge on any atom is -0.468 e. The molecule has 5 fully saturated rings. The second kappa shape index (κ2) is 6.98. The van der Waals surface area contributed by atoms with Crippen molar-refractivity contribution in [2.24, 2.45) is 17.8 Å². The summed E-state index contributed by atoms with van der Waals surface area (Å²) in [4.78, 5) is 0. The maximum Gasteiger partial charge on any atom is 0.498 e. The van der Waals surface area contributed by atoms with E-state index in [9.17, 15) is 0 Å². The maximum absolute atomic E-state index is 6.46. The number of hydrogen-bond acceptors (Lipinski definition) is 4. The summed E-state index contributed by atoms with van der Waals surface area (Å²) in [6, 6.07) is 4.57. The van der Waals surface area contributed by atoms with Crippen LogP contribution in [0.5, 0.6) is 5.75 Å². The van der Waals surface area contributed by atoms with E-state index in [1.165, 1.54) is 49.7 Å². The third kappa shape index (κ3) is 3.23. The summed E-state index contributed by atoms with van der Waals surface area (Å²) in [6.45, 7) is 10.9. The van der Waals surface area contributed by atoms with Gasteiger partial charge in [-0.1, -0.05) is 17.7 Å². The normalized spacial score (nSPS) is 35.8. The predicted molar refractivity (Wildman–Crippen MR) is 119 cm³/mol. The molecule has 4 saturated carbocycles. The quantitative estimate of drug-likeness (QED) is 0.517. The van der Waals surface area contributed by atoms with Crippen molar-refractivity contribution in [2.45, 2.75) is 89.8 Å². The molecule has 4 aliphatic carbocycles. The molecule has 1 aromatic carbocycles. The predicted octanol–water partition coefficient (Wildman–Crippen LogP) is 4.74. The highest BCUT2D eigenvalue weighted by atomic mass is 16.7. The van der Waals surface area contributed by atoms with Gasteiger partial charge in [0.05, 0.1) is 11.2 Å². The smallest absolute Gasteiger partial charge is 0.468 e. The van der Waals surface area contributed by atoms with Crippen LogP contribution in [0.15, 0.2) is 12.1 Å². The monoisotopic (exact) mass is 412 g/mol. The number of ether oxygens (including phenoxy) is 2. The SMILES string of the molecule is COCOc1c(B2OC(C)(C)C(C)(C)O2)cc(C)cc1C12CC3CC(CC(C3)C1)C2. The Bertz CT molecular complexity index is 779. The highest BCUT2D eigenvalue weighted by Gasteiger charge is 2.55. The molecule has 1 aliphatic heterocycles. The van der Waals surface area contributed by atoms with Gasteiger partial charge in [-0.3, -0.25) is 0 Å². The molecule has 30 heavy (non-hydrogen) atoms. The molecule has 6 rings (SSSR count). The Kier molecular flexibility index (Phi) is 4.85. The molecular formula is C25H37BO4. The zero-order valence-corrected chi connectivity index (χ0v) is 19.5. The Hall–Kier alpha value is -1.04. The fourth-order valence-electron chi connectivity index (χ4n) is 7.06. The molecule has 1 aromatic rings. The second-order valence-corrected chi connectivity index (χ2v) is 11.6. The molecular weight excluding hydrogens is 375 g/mol. The molecule has 0 unspecified atom stereocenters. The molecule has 164 valence electrons. The van der Waals surface area contributed by atoms with Gasteiger partial charge in [0.1, 0.15) is 5.75 Å². The van der Waals surface area contributed by atoms with Crippen molar-refractivity contribution >= 4 is 12.6 Å². The lowest BCUT2D eigenvalue weighted by atomic mass is 9.47. The third-order valence-corrected chi connectivity index (χ3v) is 8.70. The van der Waals surface area contributed by atoms with E-state index in [2.05, 4.69) is 46.8 Å². The number of methoxy groups -OCH3 is 1. The molecule has 0 spiro atoms. The summed E-state index contributed by atoms with van der Waals surface area (Å²) in [6.07, 6.45) is 8.20. The van der Waals surface area contributed by atoms with Crippen LogP contribution in [0.2, 0.25) is 0 Å². The number of rotatable bonds is 5. The van der Waals surface area contributed by atoms with E-state index < -0.39 is 7.12 Å². The maximum atomic E-state index is 6.46. The van der Waals surface area contributed by atoms with Gasteiger partial charge in [0, 0.05) is 18.1 Å². The topological polar surface area (TPSA) is 36.9 Å². The Balaban J connectivity index is 1.60. The Labute approximate surface area is 182 Å². The lowest BCUT2D eigenvalue weighted by molar-refractivity contribution is -0.00873. The molecule has 0 radical (unpaired) electrons. The van der Waals surface area contributed by atoms with Crippen LogP contribution >= 0.6 is 0 Å². The largest absolute Gasteiger partial charge is 0.498 e. The minimum atomic E-state index is -0.422. The first-order valence-corrected chi connectivity index (χ1v) is 11.7. The average Bonchev–Trinajstić information content (AvgIpc) is 2.86. The lowest BCUT2D eigenvalue weighted by Crippen LogP contribution is -2.49. The van der Waals surface area contributed by atoms with E-state index >= 15 is 0 Å². The van der Waals surface area contributed by atoms with E-state index in [4.69, 9.17) is 18.8 Å². The van der Waals surface area contributed by atoms with Gasteiger partial charge in [-0.2, -0.15) is 0 Å². The minimum absolute atomic E-state index is 0.238. The van der Waals surface area contributed by atoms with E-state index in [1.54, 1.807) is 7.11 Å². The van der Waals surface area contributed by atoms with Crippen LogP contribution in [0.25, 0.3) is 0 Å². The molecule has 1 heterocycles. The van der Waals surface area contributed by atoms with Crippen LogP contribution in [0, 0.1) is 24.7 Å². The van der Waals surface area contributed by atoms with E-state index in [0.29, 0.717) is 0 Å². The van der Waals surface area contributed by atoms with Crippen molar-refractivity contribution in [2.75, 3.05) is 13.9 Å². The Morgan fingerprint density at radius 2 is 1.47 bits per heavy atom. The van der Waals surface area contributed by atoms with Gasteiger partial charge in [0.2, 0.25) is 0 Å². The van der Waals surface area contributed by atoms with E-state index in [0.717, 1.165) is 29.0 Å². The fraction of sp³-hybridized carbons (Fsp3) is 0.760. The zero-order valence-electron chi connectivity index (χ0n) is 19.5. The summed E-state index contributed by atoms with van der Waals surface area (Å²) in [7, 11) is 1.27. The van der Waals surface area contributed by atoms with Crippen LogP contribution < -0.4 is 10.2 Å². The van der Waals surface area contributed by atoms with Crippen LogP contribution in [-0.2, 0) is 19.5 Å². The first-order valence-electron chi connectivity index (χ1n) is 11.7. The number of benzene rings is 1. The van der Waals surface area contributed by atoms with Gasteiger partial charge in [-0.15, -0.1) is 0 Å². The van der Waals surface area contributed by atoms with Gasteiger partial charge in [0.25, 0.3) is 0 Å². The first kappa shape index (κ1) is 20.8. The summed E-state index contributed by atoms with van der Waals surface area (Å²) in [5.41, 5.74) is 3.15. The second-order valence-electron chi connectivity index (χ2n) is 11.6. The Morgan fingerprint density at radius 3 is 1.97 bits per heavy atom. The van der Waals surface area contributed by atoms with Gasteiger partial charge in [-0.25, -0.2) is 0 Å². The van der Waals surface area contributed by atoms with Crippen LogP contribution in [0.1, 0.15) is 77.3 Å². The highest BCUT2D eigenvalue weighted by Crippen LogP contribution is 2.62. The van der Waals surface area contributed by atoms with Gasteiger partial charge >= 0.3 is 7.12 Å². The molecule has 4 nitrogen and oxygen atoms in total. The van der Waals surface area contributed by atoms with Crippen molar-refractivity contribution < 1.29 is 18.8 Å². The molecule has 5 heteroatoms.